The van der Waals surface area contributed by atoms with Gasteiger partial charge in [-0.1, -0.05) is 24.3 Å². The summed E-state index contributed by atoms with van der Waals surface area (Å²) in [5.41, 5.74) is 10.8. The zero-order valence-corrected chi connectivity index (χ0v) is 18.2. The Morgan fingerprint density at radius 3 is 2.88 bits per heavy atom. The Bertz CT molecular complexity index is 1320. The van der Waals surface area contributed by atoms with Crippen LogP contribution in [0.2, 0.25) is 0 Å². The van der Waals surface area contributed by atoms with E-state index < -0.39 is 5.91 Å². The molecule has 1 aliphatic heterocycles. The fraction of sp³-hybridized carbons (Fsp3) is 0.208. The first kappa shape index (κ1) is 20.6. The van der Waals surface area contributed by atoms with E-state index in [-0.39, 0.29) is 0 Å². The highest BCUT2D eigenvalue weighted by Gasteiger charge is 2.20. The number of hydrogen-bond donors (Lipinski definition) is 2. The fourth-order valence-corrected chi connectivity index (χ4v) is 4.12. The lowest BCUT2D eigenvalue weighted by Gasteiger charge is -2.16. The van der Waals surface area contributed by atoms with E-state index in [0.29, 0.717) is 36.7 Å². The van der Waals surface area contributed by atoms with Gasteiger partial charge in [0.05, 0.1) is 13.2 Å². The predicted octanol–water partition coefficient (Wildman–Crippen LogP) is 2.51. The zero-order valence-electron chi connectivity index (χ0n) is 18.2. The highest BCUT2D eigenvalue weighted by atomic mass is 16.5. The van der Waals surface area contributed by atoms with Crippen molar-refractivity contribution < 1.29 is 9.53 Å². The topological polar surface area (TPSA) is 121 Å². The summed E-state index contributed by atoms with van der Waals surface area (Å²) in [7, 11) is 1.89. The predicted molar refractivity (Wildman–Crippen MR) is 123 cm³/mol. The summed E-state index contributed by atoms with van der Waals surface area (Å²) in [6, 6.07) is 13.4. The van der Waals surface area contributed by atoms with Crippen LogP contribution >= 0.6 is 0 Å². The Morgan fingerprint density at radius 1 is 1.18 bits per heavy atom. The van der Waals surface area contributed by atoms with E-state index in [1.165, 1.54) is 11.9 Å². The van der Waals surface area contributed by atoms with Gasteiger partial charge in [-0.05, 0) is 34.9 Å². The number of rotatable bonds is 7. The lowest BCUT2D eigenvalue weighted by Crippen LogP contribution is -2.16. The molecule has 4 aromatic rings. The summed E-state index contributed by atoms with van der Waals surface area (Å²) in [6.45, 7) is 1.09. The second-order valence-corrected chi connectivity index (χ2v) is 7.82. The molecule has 1 aliphatic rings. The number of nitrogens with zero attached hydrogens (tertiary/aromatic N) is 5. The molecule has 166 valence electrons. The number of nitrogens with one attached hydrogen (secondary N) is 1. The second kappa shape index (κ2) is 8.70. The van der Waals surface area contributed by atoms with Gasteiger partial charge in [-0.15, -0.1) is 10.2 Å². The van der Waals surface area contributed by atoms with E-state index in [0.717, 1.165) is 34.8 Å². The van der Waals surface area contributed by atoms with Crippen molar-refractivity contribution in [1.82, 2.24) is 24.7 Å². The smallest absolute Gasteiger partial charge is 0.249 e. The molecule has 0 saturated carbocycles. The number of anilines is 1. The lowest BCUT2D eigenvalue weighted by atomic mass is 9.95. The Morgan fingerprint density at radius 2 is 2.06 bits per heavy atom. The van der Waals surface area contributed by atoms with Gasteiger partial charge in [-0.2, -0.15) is 0 Å². The first-order valence-corrected chi connectivity index (χ1v) is 10.7. The molecule has 0 atom stereocenters. The van der Waals surface area contributed by atoms with Crippen LogP contribution in [0, 0.1) is 0 Å². The highest BCUT2D eigenvalue weighted by molar-refractivity contribution is 5.96. The minimum absolute atomic E-state index is 0.410. The van der Waals surface area contributed by atoms with Gasteiger partial charge in [0.25, 0.3) is 0 Å². The molecular weight excluding hydrogens is 418 g/mol. The molecule has 2 aromatic carbocycles. The number of ether oxygens (including phenoxy) is 1. The number of aromatic nitrogens is 5. The SMILES string of the molecule is Cn1c(CNc2cccc(C(N)=O)c2Cc2cccc3c2OCC3)nnc1-c1ccncn1. The molecule has 0 saturated heterocycles. The van der Waals surface area contributed by atoms with Gasteiger partial charge in [0, 0.05) is 37.3 Å². The number of fused-ring (bicyclic) bond motifs is 1. The Labute approximate surface area is 190 Å². The highest BCUT2D eigenvalue weighted by Crippen LogP contribution is 2.33. The van der Waals surface area contributed by atoms with Gasteiger partial charge < -0.3 is 20.4 Å². The molecule has 0 unspecified atom stereocenters. The molecule has 9 heteroatoms. The average molecular weight is 441 g/mol. The van der Waals surface area contributed by atoms with Crippen LogP contribution in [0.5, 0.6) is 5.75 Å². The molecule has 0 aliphatic carbocycles. The van der Waals surface area contributed by atoms with Gasteiger partial charge in [0.1, 0.15) is 17.8 Å². The van der Waals surface area contributed by atoms with Crippen molar-refractivity contribution in [2.45, 2.75) is 19.4 Å². The van der Waals surface area contributed by atoms with E-state index in [1.807, 2.05) is 35.9 Å². The van der Waals surface area contributed by atoms with E-state index in [1.54, 1.807) is 18.3 Å². The number of para-hydroxylation sites is 1. The van der Waals surface area contributed by atoms with Crippen LogP contribution in [0.1, 0.15) is 32.9 Å². The quantitative estimate of drug-likeness (QED) is 0.452. The second-order valence-electron chi connectivity index (χ2n) is 7.82. The summed E-state index contributed by atoms with van der Waals surface area (Å²) in [5.74, 6) is 1.82. The van der Waals surface area contributed by atoms with Crippen molar-refractivity contribution in [3.63, 3.8) is 0 Å². The fourth-order valence-electron chi connectivity index (χ4n) is 4.12. The van der Waals surface area contributed by atoms with Gasteiger partial charge in [0.15, 0.2) is 11.6 Å². The molecule has 3 heterocycles. The van der Waals surface area contributed by atoms with Gasteiger partial charge in [-0.3, -0.25) is 4.79 Å². The molecular formula is C24H23N7O2. The maximum absolute atomic E-state index is 12.2. The molecule has 5 rings (SSSR count). The molecule has 3 N–H and O–H groups in total. The number of carbonyl (C=O) groups excluding carboxylic acids is 1. The standard InChI is InChI=1S/C24H23N7O2/c1-31-21(29-30-24(31)20-8-10-26-14-28-20)13-27-19-7-3-6-17(23(25)32)18(19)12-16-5-2-4-15-9-11-33-22(15)16/h2-8,10,14,27H,9,11-13H2,1H3,(H2,25,32). The first-order valence-electron chi connectivity index (χ1n) is 10.7. The summed E-state index contributed by atoms with van der Waals surface area (Å²) >= 11 is 0. The number of amides is 1. The number of nitrogens with two attached hydrogens (primary N) is 1. The van der Waals surface area contributed by atoms with Gasteiger partial charge in [0.2, 0.25) is 5.91 Å². The largest absolute Gasteiger partial charge is 0.493 e. The van der Waals surface area contributed by atoms with Gasteiger partial charge >= 0.3 is 0 Å². The van der Waals surface area contributed by atoms with E-state index >= 15 is 0 Å². The molecule has 1 amide bonds. The van der Waals surface area contributed by atoms with Crippen molar-refractivity contribution in [2.24, 2.45) is 12.8 Å². The number of carbonyl (C=O) groups is 1. The third kappa shape index (κ3) is 4.00. The summed E-state index contributed by atoms with van der Waals surface area (Å²) in [4.78, 5) is 20.4. The normalized spacial score (nSPS) is 12.3. The third-order valence-corrected chi connectivity index (χ3v) is 5.82. The van der Waals surface area contributed by atoms with E-state index in [4.69, 9.17) is 10.5 Å². The third-order valence-electron chi connectivity index (χ3n) is 5.82. The van der Waals surface area contributed by atoms with Crippen molar-refractivity contribution in [1.29, 1.82) is 0 Å². The molecule has 0 fully saturated rings. The van der Waals surface area contributed by atoms with Crippen LogP contribution in [0.4, 0.5) is 5.69 Å². The summed E-state index contributed by atoms with van der Waals surface area (Å²) in [5, 5.41) is 12.0. The Kier molecular flexibility index (Phi) is 5.43. The number of hydrogen-bond acceptors (Lipinski definition) is 7. The first-order chi connectivity index (χ1) is 16.1. The molecule has 0 spiro atoms. The van der Waals surface area contributed by atoms with Crippen LogP contribution in [0.15, 0.2) is 55.0 Å². The minimum Gasteiger partial charge on any atom is -0.493 e. The Hall–Kier alpha value is -4.27. The molecule has 33 heavy (non-hydrogen) atoms. The number of primary amides is 1. The molecule has 0 bridgehead atoms. The molecule has 2 aromatic heterocycles. The zero-order chi connectivity index (χ0) is 22.8. The van der Waals surface area contributed by atoms with Crippen LogP contribution in [0.25, 0.3) is 11.5 Å². The van der Waals surface area contributed by atoms with Crippen LogP contribution in [-0.2, 0) is 26.4 Å². The van der Waals surface area contributed by atoms with Crippen LogP contribution in [-0.4, -0.2) is 37.2 Å². The maximum Gasteiger partial charge on any atom is 0.249 e. The van der Waals surface area contributed by atoms with Crippen molar-refractivity contribution >= 4 is 11.6 Å². The summed E-state index contributed by atoms with van der Waals surface area (Å²) < 4.78 is 7.74. The molecule has 0 radical (unpaired) electrons. The van der Waals surface area contributed by atoms with E-state index in [9.17, 15) is 4.79 Å². The van der Waals surface area contributed by atoms with Gasteiger partial charge in [-0.25, -0.2) is 9.97 Å². The lowest BCUT2D eigenvalue weighted by molar-refractivity contribution is 0.0999. The monoisotopic (exact) mass is 441 g/mol. The minimum atomic E-state index is -0.466. The van der Waals surface area contributed by atoms with Crippen molar-refractivity contribution in [3.05, 3.63) is 83.1 Å². The molecule has 9 nitrogen and oxygen atoms in total. The van der Waals surface area contributed by atoms with Crippen LogP contribution in [0.3, 0.4) is 0 Å². The summed E-state index contributed by atoms with van der Waals surface area (Å²) in [6.07, 6.45) is 4.57. The average Bonchev–Trinajstić information content (AvgIpc) is 3.46. The maximum atomic E-state index is 12.2. The Balaban J connectivity index is 1.44. The van der Waals surface area contributed by atoms with Crippen molar-refractivity contribution in [2.75, 3.05) is 11.9 Å². The number of benzene rings is 2. The van der Waals surface area contributed by atoms with Crippen LogP contribution < -0.4 is 15.8 Å². The van der Waals surface area contributed by atoms with E-state index in [2.05, 4.69) is 31.5 Å². The van der Waals surface area contributed by atoms with Crippen molar-refractivity contribution in [3.8, 4) is 17.3 Å².